The number of benzene rings is 3. The van der Waals surface area contributed by atoms with Gasteiger partial charge in [-0.2, -0.15) is 0 Å². The van der Waals surface area contributed by atoms with E-state index in [1.54, 1.807) is 54.7 Å². The van der Waals surface area contributed by atoms with Crippen molar-refractivity contribution in [3.63, 3.8) is 0 Å². The molecule has 7 heteroatoms. The Kier molecular flexibility index (Phi) is 5.08. The van der Waals surface area contributed by atoms with Gasteiger partial charge in [-0.25, -0.2) is 8.42 Å². The van der Waals surface area contributed by atoms with E-state index in [1.165, 1.54) is 11.3 Å². The minimum Gasteiger partial charge on any atom is -0.506 e. The van der Waals surface area contributed by atoms with Crippen LogP contribution < -0.4 is 4.72 Å². The lowest BCUT2D eigenvalue weighted by Crippen LogP contribution is -2.13. The number of para-hydroxylation sites is 2. The Bertz CT molecular complexity index is 1310. The highest BCUT2D eigenvalue weighted by molar-refractivity contribution is 7.92. The van der Waals surface area contributed by atoms with Crippen molar-refractivity contribution in [2.24, 2.45) is 4.99 Å². The zero-order valence-electron chi connectivity index (χ0n) is 15.5. The molecule has 0 amide bonds. The SMILES string of the molecule is Cc1ccc(S(=O)(=O)Nc2ccccc2N=Cc2sc3ccccc3c2O)cc1. The summed E-state index contributed by atoms with van der Waals surface area (Å²) in [4.78, 5) is 5.22. The molecule has 2 N–H and O–H groups in total. The second kappa shape index (κ2) is 7.69. The first-order chi connectivity index (χ1) is 13.9. The summed E-state index contributed by atoms with van der Waals surface area (Å²) < 4.78 is 29.0. The lowest BCUT2D eigenvalue weighted by Gasteiger charge is -2.10. The molecule has 146 valence electrons. The minimum absolute atomic E-state index is 0.173. The summed E-state index contributed by atoms with van der Waals surface area (Å²) in [6.45, 7) is 1.90. The minimum atomic E-state index is -3.73. The first-order valence-electron chi connectivity index (χ1n) is 8.87. The smallest absolute Gasteiger partial charge is 0.261 e. The van der Waals surface area contributed by atoms with E-state index in [1.807, 2.05) is 31.2 Å². The molecule has 0 aliphatic rings. The average molecular weight is 423 g/mol. The number of sulfonamides is 1. The van der Waals surface area contributed by atoms with Gasteiger partial charge in [0.05, 0.1) is 21.1 Å². The van der Waals surface area contributed by atoms with Crippen molar-refractivity contribution in [3.8, 4) is 5.75 Å². The second-order valence-corrected chi connectivity index (χ2v) is 9.27. The van der Waals surface area contributed by atoms with Crippen molar-refractivity contribution in [3.05, 3.63) is 83.2 Å². The fraction of sp³-hybridized carbons (Fsp3) is 0.0455. The molecular weight excluding hydrogens is 404 g/mol. The Labute approximate surface area is 173 Å². The monoisotopic (exact) mass is 422 g/mol. The highest BCUT2D eigenvalue weighted by atomic mass is 32.2. The van der Waals surface area contributed by atoms with E-state index < -0.39 is 10.0 Å². The lowest BCUT2D eigenvalue weighted by molar-refractivity contribution is 0.483. The number of rotatable bonds is 5. The van der Waals surface area contributed by atoms with Crippen LogP contribution in [0.25, 0.3) is 10.1 Å². The molecule has 0 aliphatic heterocycles. The maximum Gasteiger partial charge on any atom is 0.261 e. The predicted octanol–water partition coefficient (Wildman–Crippen LogP) is 5.47. The number of hydrogen-bond acceptors (Lipinski definition) is 5. The molecule has 0 saturated carbocycles. The Morgan fingerprint density at radius 3 is 2.41 bits per heavy atom. The highest BCUT2D eigenvalue weighted by Gasteiger charge is 2.16. The summed E-state index contributed by atoms with van der Waals surface area (Å²) in [5.74, 6) is 0.173. The van der Waals surface area contributed by atoms with Crippen LogP contribution in [0.1, 0.15) is 10.4 Å². The van der Waals surface area contributed by atoms with E-state index in [-0.39, 0.29) is 10.6 Å². The van der Waals surface area contributed by atoms with Crippen molar-refractivity contribution < 1.29 is 13.5 Å². The van der Waals surface area contributed by atoms with Crippen LogP contribution in [0.5, 0.6) is 5.75 Å². The van der Waals surface area contributed by atoms with E-state index in [9.17, 15) is 13.5 Å². The third-order valence-electron chi connectivity index (χ3n) is 4.40. The summed E-state index contributed by atoms with van der Waals surface area (Å²) in [5.41, 5.74) is 1.81. The molecule has 0 unspecified atom stereocenters. The summed E-state index contributed by atoms with van der Waals surface area (Å²) in [7, 11) is -3.73. The number of hydrogen-bond donors (Lipinski definition) is 2. The van der Waals surface area contributed by atoms with Crippen LogP contribution in [0.3, 0.4) is 0 Å². The zero-order chi connectivity index (χ0) is 20.4. The van der Waals surface area contributed by atoms with Gasteiger partial charge < -0.3 is 5.11 Å². The van der Waals surface area contributed by atoms with Crippen molar-refractivity contribution >= 4 is 49.0 Å². The molecule has 0 aliphatic carbocycles. The van der Waals surface area contributed by atoms with Crippen LogP contribution in [0, 0.1) is 6.92 Å². The van der Waals surface area contributed by atoms with E-state index in [2.05, 4.69) is 9.71 Å². The molecule has 5 nitrogen and oxygen atoms in total. The molecule has 3 aromatic carbocycles. The van der Waals surface area contributed by atoms with Gasteiger partial charge in [-0.15, -0.1) is 11.3 Å². The van der Waals surface area contributed by atoms with Crippen LogP contribution >= 0.6 is 11.3 Å². The molecular formula is C22H18N2O3S2. The summed E-state index contributed by atoms with van der Waals surface area (Å²) in [6.07, 6.45) is 1.55. The summed E-state index contributed by atoms with van der Waals surface area (Å²) in [5, 5.41) is 11.2. The Balaban J connectivity index is 1.65. The maximum atomic E-state index is 12.7. The lowest BCUT2D eigenvalue weighted by atomic mass is 10.2. The standard InChI is InChI=1S/C22H18N2O3S2/c1-15-10-12-16(13-11-15)29(26,27)24-19-8-4-3-7-18(19)23-14-21-22(25)17-6-2-5-9-20(17)28-21/h2-14,24-25H,1H3. The van der Waals surface area contributed by atoms with Crippen molar-refractivity contribution in [1.29, 1.82) is 0 Å². The fourth-order valence-corrected chi connectivity index (χ4v) is 4.90. The molecule has 29 heavy (non-hydrogen) atoms. The average Bonchev–Trinajstić information content (AvgIpc) is 3.03. The first-order valence-corrected chi connectivity index (χ1v) is 11.2. The molecule has 4 rings (SSSR count). The number of nitrogens with zero attached hydrogens (tertiary/aromatic N) is 1. The number of anilines is 1. The quantitative estimate of drug-likeness (QED) is 0.419. The maximum absolute atomic E-state index is 12.7. The Morgan fingerprint density at radius 2 is 1.66 bits per heavy atom. The normalized spacial score (nSPS) is 11.9. The van der Waals surface area contributed by atoms with Gasteiger partial charge in [0.2, 0.25) is 0 Å². The fourth-order valence-electron chi connectivity index (χ4n) is 2.86. The number of aliphatic imine (C=N–C) groups is 1. The van der Waals surface area contributed by atoms with Gasteiger partial charge in [0.1, 0.15) is 5.75 Å². The third kappa shape index (κ3) is 4.01. The van der Waals surface area contributed by atoms with E-state index in [0.717, 1.165) is 15.6 Å². The number of aromatic hydroxyl groups is 1. The van der Waals surface area contributed by atoms with Crippen LogP contribution in [0.15, 0.2) is 82.7 Å². The van der Waals surface area contributed by atoms with E-state index in [4.69, 9.17) is 0 Å². The molecule has 0 bridgehead atoms. The van der Waals surface area contributed by atoms with E-state index >= 15 is 0 Å². The van der Waals surface area contributed by atoms with Crippen molar-refractivity contribution in [1.82, 2.24) is 0 Å². The molecule has 0 spiro atoms. The van der Waals surface area contributed by atoms with Gasteiger partial charge in [0.25, 0.3) is 10.0 Å². The second-order valence-electron chi connectivity index (χ2n) is 6.50. The highest BCUT2D eigenvalue weighted by Crippen LogP contribution is 2.36. The van der Waals surface area contributed by atoms with Gasteiger partial charge in [0, 0.05) is 16.3 Å². The Morgan fingerprint density at radius 1 is 0.966 bits per heavy atom. The molecule has 1 heterocycles. The van der Waals surface area contributed by atoms with Crippen LogP contribution in [0.4, 0.5) is 11.4 Å². The first kappa shape index (κ1) is 19.2. The van der Waals surface area contributed by atoms with Gasteiger partial charge in [-0.3, -0.25) is 9.71 Å². The van der Waals surface area contributed by atoms with Gasteiger partial charge in [-0.05, 0) is 43.3 Å². The van der Waals surface area contributed by atoms with Gasteiger partial charge in [0.15, 0.2) is 0 Å². The van der Waals surface area contributed by atoms with Crippen LogP contribution in [-0.4, -0.2) is 19.7 Å². The van der Waals surface area contributed by atoms with Crippen molar-refractivity contribution in [2.75, 3.05) is 4.72 Å². The zero-order valence-corrected chi connectivity index (χ0v) is 17.2. The largest absolute Gasteiger partial charge is 0.506 e. The topological polar surface area (TPSA) is 78.8 Å². The van der Waals surface area contributed by atoms with Gasteiger partial charge in [-0.1, -0.05) is 42.0 Å². The number of aryl methyl sites for hydroxylation is 1. The predicted molar refractivity (Wildman–Crippen MR) is 119 cm³/mol. The molecule has 1 aromatic heterocycles. The van der Waals surface area contributed by atoms with Crippen LogP contribution in [0.2, 0.25) is 0 Å². The van der Waals surface area contributed by atoms with Crippen molar-refractivity contribution in [2.45, 2.75) is 11.8 Å². The molecule has 0 fully saturated rings. The van der Waals surface area contributed by atoms with Gasteiger partial charge >= 0.3 is 0 Å². The van der Waals surface area contributed by atoms with Crippen LogP contribution in [-0.2, 0) is 10.0 Å². The molecule has 0 saturated heterocycles. The summed E-state index contributed by atoms with van der Waals surface area (Å²) in [6, 6.07) is 21.1. The summed E-state index contributed by atoms with van der Waals surface area (Å²) >= 11 is 1.42. The van der Waals surface area contributed by atoms with E-state index in [0.29, 0.717) is 16.3 Å². The molecule has 0 radical (unpaired) electrons. The number of nitrogens with one attached hydrogen (secondary N) is 1. The number of thiophene rings is 1. The molecule has 0 atom stereocenters. The number of fused-ring (bicyclic) bond motifs is 1. The Hall–Kier alpha value is -3.16. The third-order valence-corrected chi connectivity index (χ3v) is 6.87. The molecule has 4 aromatic rings.